The average Bonchev–Trinajstić information content (AvgIpc) is 2.83. The van der Waals surface area contributed by atoms with Crippen molar-refractivity contribution in [2.24, 2.45) is 5.92 Å². The maximum Gasteiger partial charge on any atom is 0.189 e. The summed E-state index contributed by atoms with van der Waals surface area (Å²) in [5, 5.41) is 0. The van der Waals surface area contributed by atoms with Crippen LogP contribution in [0, 0.1) is 5.92 Å². The SMILES string of the molecule is CCCCCCCOCOc1ccc(-c2ccc(OCCCCCC(C)CC)cc2)nc1. The number of aromatic nitrogens is 1. The Morgan fingerprint density at radius 2 is 1.47 bits per heavy atom. The number of nitrogens with zero attached hydrogens (tertiary/aromatic N) is 1. The van der Waals surface area contributed by atoms with Gasteiger partial charge in [0.2, 0.25) is 0 Å². The van der Waals surface area contributed by atoms with E-state index in [1.54, 1.807) is 6.20 Å². The maximum absolute atomic E-state index is 5.89. The average molecular weight is 442 g/mol. The molecule has 1 unspecified atom stereocenters. The van der Waals surface area contributed by atoms with E-state index in [0.717, 1.165) is 54.7 Å². The van der Waals surface area contributed by atoms with Crippen molar-refractivity contribution in [3.8, 4) is 22.8 Å². The van der Waals surface area contributed by atoms with Crippen molar-refractivity contribution < 1.29 is 14.2 Å². The minimum absolute atomic E-state index is 0.276. The number of unbranched alkanes of at least 4 members (excludes halogenated alkanes) is 6. The lowest BCUT2D eigenvalue weighted by Crippen LogP contribution is -2.04. The zero-order chi connectivity index (χ0) is 22.9. The van der Waals surface area contributed by atoms with Crippen LogP contribution in [0.1, 0.15) is 85.0 Å². The van der Waals surface area contributed by atoms with Gasteiger partial charge in [0, 0.05) is 5.56 Å². The summed E-state index contributed by atoms with van der Waals surface area (Å²) in [5.74, 6) is 2.49. The Balaban J connectivity index is 1.63. The van der Waals surface area contributed by atoms with Crippen LogP contribution in [0.5, 0.6) is 11.5 Å². The lowest BCUT2D eigenvalue weighted by molar-refractivity contribution is 0.0133. The largest absolute Gasteiger partial charge is 0.494 e. The number of hydrogen-bond acceptors (Lipinski definition) is 4. The molecule has 0 aliphatic rings. The van der Waals surface area contributed by atoms with Crippen molar-refractivity contribution >= 4 is 0 Å². The van der Waals surface area contributed by atoms with Gasteiger partial charge in [0.15, 0.2) is 6.79 Å². The van der Waals surface area contributed by atoms with E-state index in [4.69, 9.17) is 14.2 Å². The number of benzene rings is 1. The van der Waals surface area contributed by atoms with Crippen molar-refractivity contribution in [1.82, 2.24) is 4.98 Å². The van der Waals surface area contributed by atoms with E-state index < -0.39 is 0 Å². The summed E-state index contributed by atoms with van der Waals surface area (Å²) in [6, 6.07) is 12.1. The van der Waals surface area contributed by atoms with Crippen LogP contribution in [0.15, 0.2) is 42.6 Å². The third-order valence-corrected chi connectivity index (χ3v) is 5.89. The third-order valence-electron chi connectivity index (χ3n) is 5.89. The number of hydrogen-bond donors (Lipinski definition) is 0. The normalized spacial score (nSPS) is 12.0. The fraction of sp³-hybridized carbons (Fsp3) is 0.607. The van der Waals surface area contributed by atoms with Gasteiger partial charge in [-0.15, -0.1) is 0 Å². The first-order valence-electron chi connectivity index (χ1n) is 12.6. The zero-order valence-corrected chi connectivity index (χ0v) is 20.5. The Morgan fingerprint density at radius 3 is 2.19 bits per heavy atom. The second-order valence-electron chi connectivity index (χ2n) is 8.70. The molecule has 0 fully saturated rings. The predicted molar refractivity (Wildman–Crippen MR) is 133 cm³/mol. The second-order valence-corrected chi connectivity index (χ2v) is 8.70. The van der Waals surface area contributed by atoms with E-state index in [2.05, 4.69) is 37.9 Å². The van der Waals surface area contributed by atoms with Crippen LogP contribution >= 0.6 is 0 Å². The summed E-state index contributed by atoms with van der Waals surface area (Å²) < 4.78 is 17.1. The molecule has 1 atom stereocenters. The van der Waals surface area contributed by atoms with Crippen LogP contribution in [-0.2, 0) is 4.74 Å². The molecule has 4 heteroatoms. The standard InChI is InChI=1S/C28H43NO3/c1-4-6-7-8-11-20-30-23-32-27-18-19-28(29-22-27)25-14-16-26(17-15-25)31-21-12-9-10-13-24(3)5-2/h14-19,22,24H,4-13,20-21,23H2,1-3H3. The van der Waals surface area contributed by atoms with Crippen LogP contribution < -0.4 is 9.47 Å². The van der Waals surface area contributed by atoms with Gasteiger partial charge in [-0.2, -0.15) is 0 Å². The molecule has 1 heterocycles. The van der Waals surface area contributed by atoms with Gasteiger partial charge in [-0.25, -0.2) is 0 Å². The molecule has 4 nitrogen and oxygen atoms in total. The smallest absolute Gasteiger partial charge is 0.189 e. The molecule has 0 aliphatic carbocycles. The Morgan fingerprint density at radius 1 is 0.750 bits per heavy atom. The minimum Gasteiger partial charge on any atom is -0.494 e. The lowest BCUT2D eigenvalue weighted by Gasteiger charge is -2.10. The van der Waals surface area contributed by atoms with E-state index in [0.29, 0.717) is 0 Å². The molecule has 0 aliphatic heterocycles. The van der Waals surface area contributed by atoms with Gasteiger partial charge in [-0.05, 0) is 55.2 Å². The first-order valence-corrected chi connectivity index (χ1v) is 12.6. The van der Waals surface area contributed by atoms with Crippen molar-refractivity contribution in [2.45, 2.75) is 85.0 Å². The highest BCUT2D eigenvalue weighted by Gasteiger charge is 2.03. The van der Waals surface area contributed by atoms with Gasteiger partial charge < -0.3 is 14.2 Å². The molecule has 2 rings (SSSR count). The van der Waals surface area contributed by atoms with Gasteiger partial charge in [0.05, 0.1) is 25.1 Å². The molecule has 32 heavy (non-hydrogen) atoms. The summed E-state index contributed by atoms with van der Waals surface area (Å²) >= 11 is 0. The van der Waals surface area contributed by atoms with Gasteiger partial charge in [-0.3, -0.25) is 4.98 Å². The quantitative estimate of drug-likeness (QED) is 0.173. The molecule has 0 saturated heterocycles. The Labute approximate surface area is 195 Å². The number of rotatable bonds is 18. The van der Waals surface area contributed by atoms with Gasteiger partial charge in [0.25, 0.3) is 0 Å². The highest BCUT2D eigenvalue weighted by Crippen LogP contribution is 2.23. The molecular formula is C28H43NO3. The number of pyridine rings is 1. The number of ether oxygens (including phenoxy) is 3. The Kier molecular flexibility index (Phi) is 13.5. The van der Waals surface area contributed by atoms with E-state index in [9.17, 15) is 0 Å². The summed E-state index contributed by atoms with van der Waals surface area (Å²) in [7, 11) is 0. The Hall–Kier alpha value is -2.07. The van der Waals surface area contributed by atoms with Crippen LogP contribution in [0.3, 0.4) is 0 Å². The first-order chi connectivity index (χ1) is 15.7. The predicted octanol–water partition coefficient (Wildman–Crippen LogP) is 8.06. The molecule has 2 aromatic rings. The molecule has 0 amide bonds. The van der Waals surface area contributed by atoms with Gasteiger partial charge in [-0.1, -0.05) is 72.1 Å². The fourth-order valence-corrected chi connectivity index (χ4v) is 3.50. The van der Waals surface area contributed by atoms with E-state index >= 15 is 0 Å². The van der Waals surface area contributed by atoms with Gasteiger partial charge in [0.1, 0.15) is 11.5 Å². The van der Waals surface area contributed by atoms with Crippen molar-refractivity contribution in [3.05, 3.63) is 42.6 Å². The van der Waals surface area contributed by atoms with E-state index in [-0.39, 0.29) is 6.79 Å². The first kappa shape index (κ1) is 26.2. The van der Waals surface area contributed by atoms with Crippen molar-refractivity contribution in [3.63, 3.8) is 0 Å². The highest BCUT2D eigenvalue weighted by atomic mass is 16.7. The molecule has 0 N–H and O–H groups in total. The molecule has 0 spiro atoms. The summed E-state index contributed by atoms with van der Waals surface area (Å²) in [6.07, 6.45) is 14.2. The molecule has 1 aromatic heterocycles. The highest BCUT2D eigenvalue weighted by molar-refractivity contribution is 5.60. The summed E-state index contributed by atoms with van der Waals surface area (Å²) in [5.41, 5.74) is 1.99. The van der Waals surface area contributed by atoms with Crippen LogP contribution in [0.4, 0.5) is 0 Å². The van der Waals surface area contributed by atoms with Crippen LogP contribution in [-0.4, -0.2) is 25.0 Å². The topological polar surface area (TPSA) is 40.6 Å². The fourth-order valence-electron chi connectivity index (χ4n) is 3.50. The molecular weight excluding hydrogens is 398 g/mol. The molecule has 0 bridgehead atoms. The minimum atomic E-state index is 0.276. The third kappa shape index (κ3) is 11.0. The second kappa shape index (κ2) is 16.5. The molecule has 0 saturated carbocycles. The van der Waals surface area contributed by atoms with Gasteiger partial charge >= 0.3 is 0 Å². The van der Waals surface area contributed by atoms with E-state index in [1.807, 2.05) is 24.3 Å². The molecule has 0 radical (unpaired) electrons. The zero-order valence-electron chi connectivity index (χ0n) is 20.5. The summed E-state index contributed by atoms with van der Waals surface area (Å²) in [6.45, 7) is 8.64. The monoisotopic (exact) mass is 441 g/mol. The van der Waals surface area contributed by atoms with Crippen molar-refractivity contribution in [2.75, 3.05) is 20.0 Å². The maximum atomic E-state index is 5.89. The van der Waals surface area contributed by atoms with Crippen LogP contribution in [0.2, 0.25) is 0 Å². The molecule has 178 valence electrons. The Bertz CT molecular complexity index is 700. The van der Waals surface area contributed by atoms with Crippen LogP contribution in [0.25, 0.3) is 11.3 Å². The van der Waals surface area contributed by atoms with E-state index in [1.165, 1.54) is 51.4 Å². The van der Waals surface area contributed by atoms with Crippen molar-refractivity contribution in [1.29, 1.82) is 0 Å². The molecule has 1 aromatic carbocycles. The summed E-state index contributed by atoms with van der Waals surface area (Å²) in [4.78, 5) is 4.52. The lowest BCUT2D eigenvalue weighted by atomic mass is 10.0.